The first-order valence-corrected chi connectivity index (χ1v) is 8.10. The van der Waals surface area contributed by atoms with Crippen molar-refractivity contribution in [2.45, 2.75) is 12.8 Å². The average molecular weight is 339 g/mol. The summed E-state index contributed by atoms with van der Waals surface area (Å²) in [7, 11) is 1.65. The van der Waals surface area contributed by atoms with Gasteiger partial charge >= 0.3 is 0 Å². The van der Waals surface area contributed by atoms with E-state index < -0.39 is 0 Å². The molecule has 2 aromatic heterocycles. The molecule has 0 aliphatic heterocycles. The Morgan fingerprint density at radius 2 is 2.04 bits per heavy atom. The normalized spacial score (nSPS) is 15.0. The molecule has 0 amide bonds. The molecule has 1 aliphatic carbocycles. The number of benzene rings is 1. The van der Waals surface area contributed by atoms with Crippen LogP contribution in [0.15, 0.2) is 47.4 Å². The van der Waals surface area contributed by atoms with Crippen LogP contribution in [0.2, 0.25) is 5.02 Å². The Labute approximate surface area is 144 Å². The van der Waals surface area contributed by atoms with E-state index in [-0.39, 0.29) is 5.56 Å². The third-order valence-electron chi connectivity index (χ3n) is 4.30. The fourth-order valence-electron chi connectivity index (χ4n) is 3.13. The van der Waals surface area contributed by atoms with E-state index in [9.17, 15) is 4.79 Å². The summed E-state index contributed by atoms with van der Waals surface area (Å²) in [6.07, 6.45) is 5.16. The van der Waals surface area contributed by atoms with Crippen LogP contribution < -0.4 is 10.3 Å². The molecule has 0 radical (unpaired) electrons. The van der Waals surface area contributed by atoms with Gasteiger partial charge in [-0.25, -0.2) is 4.98 Å². The summed E-state index contributed by atoms with van der Waals surface area (Å²) >= 11 is 6.00. The summed E-state index contributed by atoms with van der Waals surface area (Å²) in [5, 5.41) is 0.522. The first kappa shape index (κ1) is 15.0. The summed E-state index contributed by atoms with van der Waals surface area (Å²) in [4.78, 5) is 17.4. The molecule has 0 bridgehead atoms. The molecule has 0 fully saturated rings. The Balaban J connectivity index is 1.90. The molecule has 1 aliphatic rings. The van der Waals surface area contributed by atoms with Crippen molar-refractivity contribution in [3.63, 3.8) is 0 Å². The van der Waals surface area contributed by atoms with Crippen molar-refractivity contribution < 1.29 is 4.74 Å². The third-order valence-corrected chi connectivity index (χ3v) is 4.52. The molecule has 0 N–H and O–H groups in total. The second kappa shape index (κ2) is 5.80. The van der Waals surface area contributed by atoms with E-state index in [1.54, 1.807) is 25.4 Å². The largest absolute Gasteiger partial charge is 0.496 e. The Morgan fingerprint density at radius 3 is 2.88 bits per heavy atom. The van der Waals surface area contributed by atoms with Gasteiger partial charge in [0.25, 0.3) is 5.56 Å². The molecule has 0 atom stereocenters. The summed E-state index contributed by atoms with van der Waals surface area (Å²) in [6.45, 7) is 0. The first-order chi connectivity index (χ1) is 11.7. The van der Waals surface area contributed by atoms with E-state index in [1.165, 1.54) is 4.40 Å². The van der Waals surface area contributed by atoms with Crippen LogP contribution in [0.1, 0.15) is 23.2 Å². The maximum absolute atomic E-state index is 12.7. The Morgan fingerprint density at radius 1 is 1.21 bits per heavy atom. The molecule has 1 aromatic carbocycles. The number of para-hydroxylation sites is 1. The number of fused-ring (bicyclic) bond motifs is 2. The molecule has 5 heteroatoms. The quantitative estimate of drug-likeness (QED) is 0.713. The van der Waals surface area contributed by atoms with Crippen molar-refractivity contribution in [2.75, 3.05) is 7.11 Å². The van der Waals surface area contributed by atoms with E-state index in [2.05, 4.69) is 11.1 Å². The van der Waals surface area contributed by atoms with E-state index in [0.29, 0.717) is 17.1 Å². The zero-order valence-corrected chi connectivity index (χ0v) is 13.9. The van der Waals surface area contributed by atoms with Gasteiger partial charge in [0.2, 0.25) is 0 Å². The molecule has 4 nitrogen and oxygen atoms in total. The van der Waals surface area contributed by atoms with Crippen LogP contribution in [0, 0.1) is 0 Å². The Bertz CT molecular complexity index is 1040. The highest BCUT2D eigenvalue weighted by atomic mass is 35.5. The van der Waals surface area contributed by atoms with E-state index in [4.69, 9.17) is 16.3 Å². The second-order valence-electron chi connectivity index (χ2n) is 5.73. The van der Waals surface area contributed by atoms with Crippen molar-refractivity contribution in [3.05, 3.63) is 74.8 Å². The van der Waals surface area contributed by atoms with Gasteiger partial charge in [-0.05, 0) is 42.7 Å². The lowest BCUT2D eigenvalue weighted by atomic mass is 10.1. The number of aromatic nitrogens is 2. The maximum Gasteiger partial charge on any atom is 0.261 e. The van der Waals surface area contributed by atoms with Crippen molar-refractivity contribution in [1.29, 1.82) is 0 Å². The van der Waals surface area contributed by atoms with Gasteiger partial charge in [0.05, 0.1) is 17.8 Å². The molecule has 120 valence electrons. The highest BCUT2D eigenvalue weighted by Crippen LogP contribution is 2.32. The third kappa shape index (κ3) is 2.39. The second-order valence-corrected chi connectivity index (χ2v) is 6.17. The van der Waals surface area contributed by atoms with Gasteiger partial charge in [-0.3, -0.25) is 9.20 Å². The van der Waals surface area contributed by atoms with Gasteiger partial charge in [-0.2, -0.15) is 0 Å². The van der Waals surface area contributed by atoms with Gasteiger partial charge in [0.15, 0.2) is 0 Å². The number of hydrogen-bond donors (Lipinski definition) is 0. The lowest BCUT2D eigenvalue weighted by molar-refractivity contribution is 0.414. The fourth-order valence-corrected chi connectivity index (χ4v) is 3.29. The van der Waals surface area contributed by atoms with Gasteiger partial charge in [-0.15, -0.1) is 0 Å². The maximum atomic E-state index is 12.7. The number of halogens is 1. The van der Waals surface area contributed by atoms with Crippen molar-refractivity contribution in [3.8, 4) is 5.75 Å². The first-order valence-electron chi connectivity index (χ1n) is 7.72. The summed E-state index contributed by atoms with van der Waals surface area (Å²) in [5.74, 6) is 0.808. The highest BCUT2D eigenvalue weighted by Gasteiger charge is 2.23. The monoisotopic (exact) mass is 338 g/mol. The van der Waals surface area contributed by atoms with Crippen LogP contribution in [0.3, 0.4) is 0 Å². The molecular formula is C19H15ClN2O2. The van der Waals surface area contributed by atoms with Crippen LogP contribution >= 0.6 is 11.6 Å². The smallest absolute Gasteiger partial charge is 0.261 e. The number of nitrogens with zero attached hydrogens (tertiary/aromatic N) is 2. The van der Waals surface area contributed by atoms with Crippen LogP contribution in [0.25, 0.3) is 17.3 Å². The number of methoxy groups -OCH3 is 1. The highest BCUT2D eigenvalue weighted by molar-refractivity contribution is 6.30. The molecule has 0 unspecified atom stereocenters. The number of rotatable bonds is 2. The minimum Gasteiger partial charge on any atom is -0.496 e. The number of hydrogen-bond acceptors (Lipinski definition) is 3. The number of pyridine rings is 1. The minimum atomic E-state index is -0.0408. The Hall–Kier alpha value is -2.59. The Kier molecular flexibility index (Phi) is 3.62. The summed E-state index contributed by atoms with van der Waals surface area (Å²) in [5.41, 5.74) is 4.14. The van der Waals surface area contributed by atoms with Crippen LogP contribution in [-0.2, 0) is 6.42 Å². The standard InChI is InChI=1S/C19H15ClN2O2/c1-24-16-5-3-2-4-12(16)10-13-6-8-15-18(13)21-17-9-7-14(20)11-22(17)19(15)23/h2-5,7,9-11H,6,8H2,1H3/b13-10-. The topological polar surface area (TPSA) is 43.6 Å². The molecular weight excluding hydrogens is 324 g/mol. The fraction of sp³-hybridized carbons (Fsp3) is 0.158. The number of allylic oxidation sites excluding steroid dienone is 1. The number of ether oxygens (including phenoxy) is 1. The summed E-state index contributed by atoms with van der Waals surface area (Å²) in [6, 6.07) is 11.3. The molecule has 4 rings (SSSR count). The predicted octanol–water partition coefficient (Wildman–Crippen LogP) is 3.84. The van der Waals surface area contributed by atoms with Gasteiger partial charge in [-0.1, -0.05) is 29.8 Å². The van der Waals surface area contributed by atoms with Gasteiger partial charge in [0.1, 0.15) is 11.4 Å². The molecule has 0 spiro atoms. The van der Waals surface area contributed by atoms with E-state index in [0.717, 1.165) is 34.6 Å². The SMILES string of the molecule is COc1ccccc1/C=C1/CCc2c1nc1ccc(Cl)cn1c2=O. The zero-order valence-electron chi connectivity index (χ0n) is 13.1. The lowest BCUT2D eigenvalue weighted by Gasteiger charge is -2.07. The lowest BCUT2D eigenvalue weighted by Crippen LogP contribution is -2.19. The average Bonchev–Trinajstić information content (AvgIpc) is 2.99. The molecule has 0 saturated heterocycles. The van der Waals surface area contributed by atoms with Crippen LogP contribution in [0.4, 0.5) is 0 Å². The van der Waals surface area contributed by atoms with Crippen LogP contribution in [-0.4, -0.2) is 16.5 Å². The molecule has 0 saturated carbocycles. The van der Waals surface area contributed by atoms with Crippen LogP contribution in [0.5, 0.6) is 5.75 Å². The molecule has 3 aromatic rings. The predicted molar refractivity (Wildman–Crippen MR) is 95.7 cm³/mol. The molecule has 24 heavy (non-hydrogen) atoms. The van der Waals surface area contributed by atoms with E-state index in [1.807, 2.05) is 24.3 Å². The molecule has 2 heterocycles. The van der Waals surface area contributed by atoms with Crippen molar-refractivity contribution >= 4 is 28.9 Å². The van der Waals surface area contributed by atoms with Crippen molar-refractivity contribution in [1.82, 2.24) is 9.38 Å². The van der Waals surface area contributed by atoms with Gasteiger partial charge < -0.3 is 4.74 Å². The minimum absolute atomic E-state index is 0.0408. The van der Waals surface area contributed by atoms with E-state index >= 15 is 0 Å². The van der Waals surface area contributed by atoms with Gasteiger partial charge in [0, 0.05) is 17.3 Å². The van der Waals surface area contributed by atoms with Crippen molar-refractivity contribution in [2.24, 2.45) is 0 Å². The summed E-state index contributed by atoms with van der Waals surface area (Å²) < 4.78 is 6.93. The zero-order chi connectivity index (χ0) is 16.7.